The molecule has 1 aliphatic rings. The largest absolute Gasteiger partial charge is 0.476 e. The molecular weight excluding hydrogens is 496 g/mol. The predicted octanol–water partition coefficient (Wildman–Crippen LogP) is 6.05. The monoisotopic (exact) mass is 534 g/mol. The van der Waals surface area contributed by atoms with E-state index in [0.29, 0.717) is 11.4 Å². The number of rotatable bonds is 5. The fourth-order valence-electron chi connectivity index (χ4n) is 4.75. The Morgan fingerprint density at radius 1 is 0.947 bits per heavy atom. The normalized spacial score (nSPS) is 16.4. The molecule has 202 valence electrons. The van der Waals surface area contributed by atoms with Gasteiger partial charge in [0.2, 0.25) is 0 Å². The highest BCUT2D eigenvalue weighted by Gasteiger charge is 2.38. The molecule has 0 unspecified atom stereocenters. The summed E-state index contributed by atoms with van der Waals surface area (Å²) in [5, 5.41) is 3.05. The van der Waals surface area contributed by atoms with Gasteiger partial charge in [0.25, 0.3) is 15.9 Å². The van der Waals surface area contributed by atoms with Crippen LogP contribution < -0.4 is 14.4 Å². The van der Waals surface area contributed by atoms with Crippen molar-refractivity contribution < 1.29 is 17.9 Å². The van der Waals surface area contributed by atoms with E-state index >= 15 is 0 Å². The maximum atomic E-state index is 13.9. The topological polar surface area (TPSA) is 75.7 Å². The number of anilines is 1. The SMILES string of the molecule is Cc1ccc(S(=O)(=O)N2C[C@H](C(=O)N[C@H](C)c3cc(C)c(C)cc3C)Oc3ccc(C(C)(C)C)cc32)cc1. The maximum Gasteiger partial charge on any atom is 0.264 e. The predicted molar refractivity (Wildman–Crippen MR) is 152 cm³/mol. The highest BCUT2D eigenvalue weighted by atomic mass is 32.2. The summed E-state index contributed by atoms with van der Waals surface area (Å²) in [5.74, 6) is 0.0138. The third-order valence-corrected chi connectivity index (χ3v) is 9.10. The average Bonchev–Trinajstić information content (AvgIpc) is 2.84. The molecule has 0 saturated heterocycles. The number of hydrogen-bond acceptors (Lipinski definition) is 4. The molecule has 1 aliphatic heterocycles. The van der Waals surface area contributed by atoms with Crippen molar-refractivity contribution in [1.82, 2.24) is 5.32 Å². The molecule has 0 fully saturated rings. The summed E-state index contributed by atoms with van der Waals surface area (Å²) in [7, 11) is -3.95. The molecule has 0 radical (unpaired) electrons. The lowest BCUT2D eigenvalue weighted by Crippen LogP contribution is -2.51. The van der Waals surface area contributed by atoms with Gasteiger partial charge in [-0.15, -0.1) is 0 Å². The second-order valence-corrected chi connectivity index (χ2v) is 13.3. The molecule has 38 heavy (non-hydrogen) atoms. The van der Waals surface area contributed by atoms with Crippen molar-refractivity contribution in [2.75, 3.05) is 10.8 Å². The number of nitrogens with zero attached hydrogens (tertiary/aromatic N) is 1. The van der Waals surface area contributed by atoms with Gasteiger partial charge in [-0.2, -0.15) is 0 Å². The molecule has 4 rings (SSSR count). The van der Waals surface area contributed by atoms with Crippen LogP contribution in [-0.4, -0.2) is 27.0 Å². The highest BCUT2D eigenvalue weighted by Crippen LogP contribution is 2.40. The minimum atomic E-state index is -3.95. The third-order valence-electron chi connectivity index (χ3n) is 7.30. The van der Waals surface area contributed by atoms with Crippen molar-refractivity contribution in [3.05, 3.63) is 88.0 Å². The minimum Gasteiger partial charge on any atom is -0.476 e. The summed E-state index contributed by atoms with van der Waals surface area (Å²) in [6, 6.07) is 16.3. The van der Waals surface area contributed by atoms with E-state index in [1.807, 2.05) is 39.8 Å². The third kappa shape index (κ3) is 5.44. The number of fused-ring (bicyclic) bond motifs is 1. The quantitative estimate of drug-likeness (QED) is 0.432. The summed E-state index contributed by atoms with van der Waals surface area (Å²) >= 11 is 0. The zero-order chi connectivity index (χ0) is 28.0. The van der Waals surface area contributed by atoms with Crippen LogP contribution >= 0.6 is 0 Å². The van der Waals surface area contributed by atoms with Gasteiger partial charge in [-0.3, -0.25) is 9.10 Å². The van der Waals surface area contributed by atoms with Gasteiger partial charge >= 0.3 is 0 Å². The number of aryl methyl sites for hydroxylation is 4. The standard InChI is InChI=1S/C31H38N2O4S/c1-19-9-12-25(13-10-19)38(35,36)33-18-29(37-28-14-11-24(17-27(28)33)31(6,7)8)30(34)32-23(5)26-16-21(3)20(2)15-22(26)4/h9-17,23,29H,18H2,1-8H3,(H,32,34)/t23-,29-/m1/s1. The van der Waals surface area contributed by atoms with Gasteiger partial charge in [-0.05, 0) is 92.1 Å². The number of carbonyl (C=O) groups excluding carboxylic acids is 1. The van der Waals surface area contributed by atoms with Gasteiger partial charge in [0.1, 0.15) is 5.75 Å². The zero-order valence-corrected chi connectivity index (χ0v) is 24.4. The van der Waals surface area contributed by atoms with Crippen molar-refractivity contribution in [3.63, 3.8) is 0 Å². The average molecular weight is 535 g/mol. The van der Waals surface area contributed by atoms with Crippen LogP contribution in [0.2, 0.25) is 0 Å². The number of carbonyl (C=O) groups is 1. The van der Waals surface area contributed by atoms with E-state index in [-0.39, 0.29) is 28.8 Å². The van der Waals surface area contributed by atoms with Crippen molar-refractivity contribution in [2.45, 2.75) is 77.8 Å². The molecule has 0 saturated carbocycles. The first kappa shape index (κ1) is 27.7. The Hall–Kier alpha value is -3.32. The Morgan fingerprint density at radius 3 is 2.21 bits per heavy atom. The lowest BCUT2D eigenvalue weighted by Gasteiger charge is -2.36. The van der Waals surface area contributed by atoms with Crippen LogP contribution in [0, 0.1) is 27.7 Å². The first-order valence-corrected chi connectivity index (χ1v) is 14.4. The van der Waals surface area contributed by atoms with E-state index in [1.165, 1.54) is 9.87 Å². The second-order valence-electron chi connectivity index (χ2n) is 11.4. The van der Waals surface area contributed by atoms with Crippen LogP contribution in [0.4, 0.5) is 5.69 Å². The van der Waals surface area contributed by atoms with E-state index in [2.05, 4.69) is 45.1 Å². The number of amides is 1. The van der Waals surface area contributed by atoms with E-state index in [4.69, 9.17) is 4.74 Å². The van der Waals surface area contributed by atoms with E-state index in [1.54, 1.807) is 30.3 Å². The van der Waals surface area contributed by atoms with Gasteiger partial charge < -0.3 is 10.1 Å². The van der Waals surface area contributed by atoms with Crippen LogP contribution in [0.3, 0.4) is 0 Å². The number of sulfonamides is 1. The Labute approximate surface area is 227 Å². The summed E-state index contributed by atoms with van der Waals surface area (Å²) in [6.07, 6.45) is -1.00. The van der Waals surface area contributed by atoms with E-state index < -0.39 is 16.1 Å². The fraction of sp³-hybridized carbons (Fsp3) is 0.387. The van der Waals surface area contributed by atoms with Crippen molar-refractivity contribution in [3.8, 4) is 5.75 Å². The first-order chi connectivity index (χ1) is 17.7. The summed E-state index contributed by atoms with van der Waals surface area (Å²) in [6.45, 7) is 16.1. The molecule has 1 amide bonds. The molecule has 6 nitrogen and oxygen atoms in total. The molecule has 2 atom stereocenters. The van der Waals surface area contributed by atoms with Crippen LogP contribution in [-0.2, 0) is 20.2 Å². The fourth-order valence-corrected chi connectivity index (χ4v) is 6.22. The number of benzene rings is 3. The van der Waals surface area contributed by atoms with Crippen LogP contribution in [0.1, 0.15) is 67.1 Å². The molecule has 3 aromatic rings. The Kier molecular flexibility index (Phi) is 7.36. The molecule has 7 heteroatoms. The van der Waals surface area contributed by atoms with Gasteiger partial charge in [0.15, 0.2) is 6.10 Å². The van der Waals surface area contributed by atoms with Crippen LogP contribution in [0.5, 0.6) is 5.75 Å². The van der Waals surface area contributed by atoms with E-state index in [0.717, 1.165) is 27.8 Å². The Morgan fingerprint density at radius 2 is 1.58 bits per heavy atom. The first-order valence-electron chi connectivity index (χ1n) is 13.0. The summed E-state index contributed by atoms with van der Waals surface area (Å²) in [4.78, 5) is 13.7. The van der Waals surface area contributed by atoms with Crippen molar-refractivity contribution >= 4 is 21.6 Å². The molecular formula is C31H38N2O4S. The van der Waals surface area contributed by atoms with E-state index in [9.17, 15) is 13.2 Å². The van der Waals surface area contributed by atoms with Crippen molar-refractivity contribution in [1.29, 1.82) is 0 Å². The summed E-state index contributed by atoms with van der Waals surface area (Å²) in [5.41, 5.74) is 6.66. The maximum absolute atomic E-state index is 13.9. The smallest absolute Gasteiger partial charge is 0.264 e. The molecule has 0 aromatic heterocycles. The van der Waals surface area contributed by atoms with Crippen LogP contribution in [0.25, 0.3) is 0 Å². The van der Waals surface area contributed by atoms with Crippen molar-refractivity contribution in [2.24, 2.45) is 0 Å². The Bertz CT molecular complexity index is 1470. The molecule has 0 bridgehead atoms. The minimum absolute atomic E-state index is 0.124. The van der Waals surface area contributed by atoms with Gasteiger partial charge in [0.05, 0.1) is 23.2 Å². The molecule has 0 aliphatic carbocycles. The number of nitrogens with one attached hydrogen (secondary N) is 1. The molecule has 1 N–H and O–H groups in total. The molecule has 3 aromatic carbocycles. The van der Waals surface area contributed by atoms with Crippen LogP contribution in [0.15, 0.2) is 59.5 Å². The highest BCUT2D eigenvalue weighted by molar-refractivity contribution is 7.92. The zero-order valence-electron chi connectivity index (χ0n) is 23.5. The molecule has 1 heterocycles. The molecule has 0 spiro atoms. The Balaban J connectivity index is 1.70. The number of ether oxygens (including phenoxy) is 1. The lowest BCUT2D eigenvalue weighted by molar-refractivity contribution is -0.128. The van der Waals surface area contributed by atoms with Gasteiger partial charge in [-0.1, -0.05) is 56.7 Å². The second kappa shape index (κ2) is 10.1. The summed E-state index contributed by atoms with van der Waals surface area (Å²) < 4.78 is 35.2. The van der Waals surface area contributed by atoms with Gasteiger partial charge in [-0.25, -0.2) is 8.42 Å². The lowest BCUT2D eigenvalue weighted by atomic mass is 9.86. The number of hydrogen-bond donors (Lipinski definition) is 1. The van der Waals surface area contributed by atoms with Gasteiger partial charge in [0, 0.05) is 0 Å².